The van der Waals surface area contributed by atoms with E-state index in [2.05, 4.69) is 5.32 Å². The summed E-state index contributed by atoms with van der Waals surface area (Å²) in [5.41, 5.74) is 4.20. The van der Waals surface area contributed by atoms with E-state index in [1.165, 1.54) is 21.1 Å². The fourth-order valence-corrected chi connectivity index (χ4v) is 2.06. The highest BCUT2D eigenvalue weighted by Crippen LogP contribution is 2.19. The summed E-state index contributed by atoms with van der Waals surface area (Å²) in [6.45, 7) is 1.27. The molecular formula is C16H20N2O5. The van der Waals surface area contributed by atoms with Crippen molar-refractivity contribution in [2.45, 2.75) is 18.9 Å². The quantitative estimate of drug-likeness (QED) is 0.468. The Kier molecular flexibility index (Phi) is 6.03. The first-order valence-corrected chi connectivity index (χ1v) is 6.84. The van der Waals surface area contributed by atoms with Crippen LogP contribution in [0.1, 0.15) is 12.5 Å². The number of nitrogens with two attached hydrogens (primary N) is 1. The first kappa shape index (κ1) is 18.4. The van der Waals surface area contributed by atoms with Crippen LogP contribution in [0.2, 0.25) is 0 Å². The Morgan fingerprint density at radius 3 is 2.26 bits per heavy atom. The van der Waals surface area contributed by atoms with Gasteiger partial charge in [-0.1, -0.05) is 12.1 Å². The molecule has 7 nitrogen and oxygen atoms in total. The lowest BCUT2D eigenvalue weighted by atomic mass is 9.85. The van der Waals surface area contributed by atoms with E-state index in [0.29, 0.717) is 11.3 Å². The van der Waals surface area contributed by atoms with E-state index in [0.717, 1.165) is 6.08 Å². The molecule has 1 aromatic carbocycles. The Hall–Kier alpha value is -2.67. The van der Waals surface area contributed by atoms with Crippen molar-refractivity contribution in [1.82, 2.24) is 5.32 Å². The van der Waals surface area contributed by atoms with Gasteiger partial charge in [-0.2, -0.15) is 0 Å². The van der Waals surface area contributed by atoms with Crippen LogP contribution in [0.4, 0.5) is 0 Å². The Bertz CT molecular complexity index is 636. The highest BCUT2D eigenvalue weighted by atomic mass is 16.5. The zero-order valence-corrected chi connectivity index (χ0v) is 13.3. The maximum Gasteiger partial charge on any atom is 0.331 e. The van der Waals surface area contributed by atoms with E-state index in [4.69, 9.17) is 15.6 Å². The van der Waals surface area contributed by atoms with Crippen LogP contribution in [0, 0.1) is 0 Å². The van der Waals surface area contributed by atoms with Crippen molar-refractivity contribution in [2.75, 3.05) is 14.2 Å². The highest BCUT2D eigenvalue weighted by molar-refractivity contribution is 6.16. The highest BCUT2D eigenvalue weighted by Gasteiger charge is 2.42. The van der Waals surface area contributed by atoms with Gasteiger partial charge in [-0.25, -0.2) is 4.79 Å². The molecule has 0 aliphatic heterocycles. The summed E-state index contributed by atoms with van der Waals surface area (Å²) < 4.78 is 5.05. The summed E-state index contributed by atoms with van der Waals surface area (Å²) >= 11 is 0. The number of nitrogens with one attached hydrogen (secondary N) is 1. The minimum Gasteiger partial charge on any atom is -0.497 e. The summed E-state index contributed by atoms with van der Waals surface area (Å²) in [5.74, 6) is -2.19. The Labute approximate surface area is 134 Å². The number of amides is 1. The number of ether oxygens (including phenoxy) is 1. The lowest BCUT2D eigenvalue weighted by molar-refractivity contribution is -0.135. The SMILES string of the molecule is CN[C@@](Cc1ccc(OC)cc1)(C(N)=O)C(=O)C=C(C)C(=O)O. The predicted octanol–water partition coefficient (Wildman–Crippen LogP) is 0.281. The largest absolute Gasteiger partial charge is 0.497 e. The number of carboxylic acid groups (broad SMARTS) is 1. The molecule has 0 aliphatic carbocycles. The van der Waals surface area contributed by atoms with Crippen molar-refractivity contribution in [1.29, 1.82) is 0 Å². The van der Waals surface area contributed by atoms with Gasteiger partial charge in [-0.05, 0) is 37.7 Å². The third-order valence-corrected chi connectivity index (χ3v) is 3.58. The Balaban J connectivity index is 3.21. The molecule has 0 aromatic heterocycles. The zero-order valence-electron chi connectivity index (χ0n) is 13.3. The van der Waals surface area contributed by atoms with E-state index in [1.807, 2.05) is 0 Å². The fourth-order valence-electron chi connectivity index (χ4n) is 2.06. The van der Waals surface area contributed by atoms with Crippen molar-refractivity contribution in [3.8, 4) is 5.75 Å². The standard InChI is InChI=1S/C16H20N2O5/c1-10(14(20)21)8-13(19)16(18-2,15(17)22)9-11-4-6-12(23-3)7-5-11/h4-8,18H,9H2,1-3H3,(H2,17,22)(H,20,21)/t16-/m1/s1. The molecule has 1 atom stereocenters. The number of ketones is 1. The van der Waals surface area contributed by atoms with Crippen molar-refractivity contribution >= 4 is 17.7 Å². The van der Waals surface area contributed by atoms with Gasteiger partial charge in [0.15, 0.2) is 11.3 Å². The van der Waals surface area contributed by atoms with Crippen LogP contribution in [0.25, 0.3) is 0 Å². The van der Waals surface area contributed by atoms with Gasteiger partial charge in [0.25, 0.3) is 0 Å². The number of carboxylic acids is 1. The van der Waals surface area contributed by atoms with Gasteiger partial charge in [0.2, 0.25) is 5.91 Å². The number of hydrogen-bond donors (Lipinski definition) is 3. The second-order valence-electron chi connectivity index (χ2n) is 5.04. The van der Waals surface area contributed by atoms with Crippen LogP contribution >= 0.6 is 0 Å². The number of hydrogen-bond acceptors (Lipinski definition) is 5. The molecule has 7 heteroatoms. The molecule has 4 N–H and O–H groups in total. The fraction of sp³-hybridized carbons (Fsp3) is 0.312. The van der Waals surface area contributed by atoms with Crippen LogP contribution in [0.5, 0.6) is 5.75 Å². The third-order valence-electron chi connectivity index (χ3n) is 3.58. The van der Waals surface area contributed by atoms with Gasteiger partial charge in [0.05, 0.1) is 7.11 Å². The number of aliphatic carboxylic acids is 1. The lowest BCUT2D eigenvalue weighted by Gasteiger charge is -2.28. The third kappa shape index (κ3) is 4.17. The maximum atomic E-state index is 12.5. The van der Waals surface area contributed by atoms with Gasteiger partial charge in [-0.15, -0.1) is 0 Å². The molecule has 0 heterocycles. The van der Waals surface area contributed by atoms with Crippen LogP contribution in [-0.2, 0) is 20.8 Å². The molecule has 0 unspecified atom stereocenters. The molecule has 0 saturated heterocycles. The van der Waals surface area contributed by atoms with Crippen molar-refractivity contribution < 1.29 is 24.2 Å². The number of rotatable bonds is 8. The molecule has 0 saturated carbocycles. The molecule has 0 spiro atoms. The monoisotopic (exact) mass is 320 g/mol. The summed E-state index contributed by atoms with van der Waals surface area (Å²) in [6, 6.07) is 6.79. The smallest absolute Gasteiger partial charge is 0.331 e. The Morgan fingerprint density at radius 2 is 1.87 bits per heavy atom. The van der Waals surface area contributed by atoms with E-state index in [-0.39, 0.29) is 12.0 Å². The summed E-state index contributed by atoms with van der Waals surface area (Å²) in [7, 11) is 2.95. The van der Waals surface area contributed by atoms with Gasteiger partial charge in [0, 0.05) is 12.0 Å². The lowest BCUT2D eigenvalue weighted by Crippen LogP contribution is -2.61. The van der Waals surface area contributed by atoms with Crippen molar-refractivity contribution in [3.05, 3.63) is 41.5 Å². The molecule has 0 bridgehead atoms. The molecule has 0 radical (unpaired) electrons. The maximum absolute atomic E-state index is 12.5. The Morgan fingerprint density at radius 1 is 1.30 bits per heavy atom. The number of primary amides is 1. The number of methoxy groups -OCH3 is 1. The van der Waals surface area contributed by atoms with Crippen molar-refractivity contribution in [2.24, 2.45) is 5.73 Å². The van der Waals surface area contributed by atoms with E-state index >= 15 is 0 Å². The van der Waals surface area contributed by atoms with Gasteiger partial charge in [0.1, 0.15) is 5.75 Å². The normalized spacial score (nSPS) is 14.0. The zero-order chi connectivity index (χ0) is 17.6. The molecule has 1 aromatic rings. The van der Waals surface area contributed by atoms with Crippen LogP contribution in [-0.4, -0.2) is 42.5 Å². The number of carbonyl (C=O) groups is 3. The summed E-state index contributed by atoms with van der Waals surface area (Å²) in [4.78, 5) is 35.2. The number of benzene rings is 1. The molecule has 23 heavy (non-hydrogen) atoms. The van der Waals surface area contributed by atoms with Crippen LogP contribution in [0.15, 0.2) is 35.9 Å². The summed E-state index contributed by atoms with van der Waals surface area (Å²) in [6.07, 6.45) is 0.901. The topological polar surface area (TPSA) is 119 Å². The molecular weight excluding hydrogens is 300 g/mol. The second-order valence-corrected chi connectivity index (χ2v) is 5.04. The van der Waals surface area contributed by atoms with Gasteiger partial charge >= 0.3 is 5.97 Å². The second kappa shape index (κ2) is 7.55. The molecule has 0 aliphatic rings. The average molecular weight is 320 g/mol. The molecule has 1 amide bonds. The minimum atomic E-state index is -1.72. The minimum absolute atomic E-state index is 0.00887. The molecule has 0 fully saturated rings. The van der Waals surface area contributed by atoms with E-state index in [1.54, 1.807) is 24.3 Å². The first-order valence-electron chi connectivity index (χ1n) is 6.84. The van der Waals surface area contributed by atoms with Gasteiger partial charge < -0.3 is 15.6 Å². The van der Waals surface area contributed by atoms with Crippen LogP contribution < -0.4 is 15.8 Å². The number of likely N-dealkylation sites (N-methyl/N-ethyl adjacent to an activating group) is 1. The van der Waals surface area contributed by atoms with E-state index < -0.39 is 23.2 Å². The first-order chi connectivity index (χ1) is 10.8. The van der Waals surface area contributed by atoms with E-state index in [9.17, 15) is 14.4 Å². The molecule has 124 valence electrons. The average Bonchev–Trinajstić information content (AvgIpc) is 2.52. The predicted molar refractivity (Wildman–Crippen MR) is 84.1 cm³/mol. The summed E-state index contributed by atoms with van der Waals surface area (Å²) in [5, 5.41) is 11.5. The van der Waals surface area contributed by atoms with Gasteiger partial charge in [-0.3, -0.25) is 14.9 Å². The molecule has 1 rings (SSSR count). The number of carbonyl (C=O) groups excluding carboxylic acids is 2. The van der Waals surface area contributed by atoms with Crippen LogP contribution in [0.3, 0.4) is 0 Å². The van der Waals surface area contributed by atoms with Crippen molar-refractivity contribution in [3.63, 3.8) is 0 Å².